The van der Waals surface area contributed by atoms with Crippen LogP contribution in [0.3, 0.4) is 0 Å². The molecule has 0 saturated heterocycles. The Labute approximate surface area is 183 Å². The zero-order valence-electron chi connectivity index (χ0n) is 17.7. The fourth-order valence-electron chi connectivity index (χ4n) is 4.14. The molecule has 1 atom stereocenters. The van der Waals surface area contributed by atoms with E-state index in [0.717, 1.165) is 31.4 Å². The summed E-state index contributed by atoms with van der Waals surface area (Å²) in [5.41, 5.74) is 1.61. The average molecular weight is 445 g/mol. The van der Waals surface area contributed by atoms with Crippen molar-refractivity contribution in [2.24, 2.45) is 5.41 Å². The molecule has 5 nitrogen and oxygen atoms in total. The zero-order valence-corrected chi connectivity index (χ0v) is 19.3. The molecular weight excluding hydrogens is 416 g/mol. The molecule has 0 bridgehead atoms. The third-order valence-electron chi connectivity index (χ3n) is 5.98. The highest BCUT2D eigenvalue weighted by Crippen LogP contribution is 2.47. The normalized spacial score (nSPS) is 20.3. The third kappa shape index (κ3) is 4.30. The second-order valence-corrected chi connectivity index (χ2v) is 10.7. The van der Waals surface area contributed by atoms with Crippen LogP contribution in [0.4, 0.5) is 17.1 Å². The molecule has 1 aliphatic rings. The number of thioether (sulfide) groups is 1. The lowest BCUT2D eigenvalue weighted by molar-refractivity contribution is 0.290. The SMILES string of the molecule is [C-]#[N+]c1ccc(N2CC(CC)(CCCC)CS(=O)(=O)c3cc(O)c(SC)cc32)cc1. The first kappa shape index (κ1) is 22.5. The van der Waals surface area contributed by atoms with Crippen LogP contribution in [-0.4, -0.2) is 32.1 Å². The van der Waals surface area contributed by atoms with Gasteiger partial charge in [-0.15, -0.1) is 11.8 Å². The van der Waals surface area contributed by atoms with Gasteiger partial charge in [-0.3, -0.25) is 0 Å². The van der Waals surface area contributed by atoms with Gasteiger partial charge in [0.15, 0.2) is 15.5 Å². The summed E-state index contributed by atoms with van der Waals surface area (Å²) in [5.74, 6) is 0.0590. The Kier molecular flexibility index (Phi) is 6.68. The van der Waals surface area contributed by atoms with Crippen LogP contribution in [0.15, 0.2) is 46.2 Å². The van der Waals surface area contributed by atoms with Crippen LogP contribution in [-0.2, 0) is 9.84 Å². The summed E-state index contributed by atoms with van der Waals surface area (Å²) < 4.78 is 27.0. The smallest absolute Gasteiger partial charge is 0.187 e. The van der Waals surface area contributed by atoms with Gasteiger partial charge in [-0.1, -0.05) is 38.8 Å². The number of hydrogen-bond donors (Lipinski definition) is 1. The number of aromatic hydroxyl groups is 1. The Morgan fingerprint density at radius 2 is 1.93 bits per heavy atom. The quantitative estimate of drug-likeness (QED) is 0.426. The minimum atomic E-state index is -3.59. The fourth-order valence-corrected chi connectivity index (χ4v) is 6.82. The number of rotatable bonds is 6. The van der Waals surface area contributed by atoms with Crippen LogP contribution >= 0.6 is 11.8 Å². The maximum absolute atomic E-state index is 13.5. The minimum absolute atomic E-state index is 0.00862. The standard InChI is InChI=1S/C23H28N2O3S2/c1-5-7-12-23(6-2)15-25(18-10-8-17(24-3)9-11-18)19-13-21(29-4)20(26)14-22(19)30(27,28)16-23/h8-11,13-14,26H,5-7,12,15-16H2,1-2,4H3. The molecule has 1 N–H and O–H groups in total. The molecular formula is C23H28N2O3S2. The first-order valence-electron chi connectivity index (χ1n) is 10.2. The van der Waals surface area contributed by atoms with Gasteiger partial charge in [-0.25, -0.2) is 13.3 Å². The van der Waals surface area contributed by atoms with Crippen molar-refractivity contribution in [2.45, 2.75) is 49.3 Å². The largest absolute Gasteiger partial charge is 0.507 e. The maximum Gasteiger partial charge on any atom is 0.187 e. The van der Waals surface area contributed by atoms with Crippen molar-refractivity contribution >= 4 is 38.7 Å². The Bertz CT molecular complexity index is 1060. The fraction of sp³-hybridized carbons (Fsp3) is 0.435. The average Bonchev–Trinajstić information content (AvgIpc) is 2.84. The molecule has 1 heterocycles. The highest BCUT2D eigenvalue weighted by atomic mass is 32.2. The predicted molar refractivity (Wildman–Crippen MR) is 124 cm³/mol. The van der Waals surface area contributed by atoms with E-state index in [2.05, 4.69) is 23.6 Å². The number of phenols is 1. The summed E-state index contributed by atoms with van der Waals surface area (Å²) in [4.78, 5) is 6.35. The molecule has 1 unspecified atom stereocenters. The Morgan fingerprint density at radius 1 is 1.23 bits per heavy atom. The van der Waals surface area contributed by atoms with E-state index in [4.69, 9.17) is 6.57 Å². The number of anilines is 2. The molecule has 30 heavy (non-hydrogen) atoms. The Balaban J connectivity index is 2.26. The van der Waals surface area contributed by atoms with Gasteiger partial charge in [-0.2, -0.15) is 0 Å². The van der Waals surface area contributed by atoms with E-state index in [0.29, 0.717) is 22.8 Å². The zero-order chi connectivity index (χ0) is 21.9. The number of hydrogen-bond acceptors (Lipinski definition) is 5. The van der Waals surface area contributed by atoms with Gasteiger partial charge < -0.3 is 10.0 Å². The van der Waals surface area contributed by atoms with E-state index in [9.17, 15) is 13.5 Å². The van der Waals surface area contributed by atoms with Gasteiger partial charge in [0.25, 0.3) is 0 Å². The predicted octanol–water partition coefficient (Wildman–Crippen LogP) is 6.18. The molecule has 3 rings (SSSR count). The summed E-state index contributed by atoms with van der Waals surface area (Å²) in [5, 5.41) is 10.4. The van der Waals surface area contributed by atoms with Crippen molar-refractivity contribution < 1.29 is 13.5 Å². The van der Waals surface area contributed by atoms with Gasteiger partial charge in [-0.05, 0) is 37.3 Å². The molecule has 2 aromatic carbocycles. The highest BCUT2D eigenvalue weighted by Gasteiger charge is 2.41. The molecule has 0 aliphatic carbocycles. The molecule has 0 radical (unpaired) electrons. The molecule has 160 valence electrons. The van der Waals surface area contributed by atoms with Gasteiger partial charge in [0, 0.05) is 23.7 Å². The van der Waals surface area contributed by atoms with Gasteiger partial charge in [0.2, 0.25) is 0 Å². The summed E-state index contributed by atoms with van der Waals surface area (Å²) in [6.45, 7) is 12.0. The first-order valence-corrected chi connectivity index (χ1v) is 13.1. The third-order valence-corrected chi connectivity index (χ3v) is 8.73. The highest BCUT2D eigenvalue weighted by molar-refractivity contribution is 7.98. The molecule has 1 aliphatic heterocycles. The van der Waals surface area contributed by atoms with Crippen LogP contribution in [0, 0.1) is 12.0 Å². The monoisotopic (exact) mass is 444 g/mol. The number of sulfone groups is 1. The lowest BCUT2D eigenvalue weighted by Crippen LogP contribution is -2.37. The molecule has 0 saturated carbocycles. The molecule has 2 aromatic rings. The Morgan fingerprint density at radius 3 is 2.50 bits per heavy atom. The van der Waals surface area contributed by atoms with Crippen LogP contribution in [0.5, 0.6) is 5.75 Å². The van der Waals surface area contributed by atoms with Gasteiger partial charge in [0.05, 0.1) is 27.8 Å². The number of fused-ring (bicyclic) bond motifs is 1. The Hall–Kier alpha value is -2.17. The molecule has 0 fully saturated rings. The van der Waals surface area contributed by atoms with E-state index < -0.39 is 9.84 Å². The van der Waals surface area contributed by atoms with Crippen LogP contribution in [0.2, 0.25) is 0 Å². The summed E-state index contributed by atoms with van der Waals surface area (Å²) in [7, 11) is -3.59. The van der Waals surface area contributed by atoms with Crippen LogP contribution in [0.25, 0.3) is 4.85 Å². The summed E-state index contributed by atoms with van der Waals surface area (Å²) in [6, 6.07) is 10.5. The maximum atomic E-state index is 13.5. The van der Waals surface area contributed by atoms with Crippen molar-refractivity contribution in [3.05, 3.63) is 47.8 Å². The number of phenolic OH excluding ortho intramolecular Hbond substituents is 1. The number of nitrogens with zero attached hydrogens (tertiary/aromatic N) is 2. The van der Waals surface area contributed by atoms with Crippen LogP contribution < -0.4 is 4.90 Å². The lowest BCUT2D eigenvalue weighted by atomic mass is 9.81. The van der Waals surface area contributed by atoms with E-state index in [-0.39, 0.29) is 21.8 Å². The van der Waals surface area contributed by atoms with Crippen molar-refractivity contribution in [1.82, 2.24) is 0 Å². The van der Waals surface area contributed by atoms with Crippen molar-refractivity contribution in [3.63, 3.8) is 0 Å². The second kappa shape index (κ2) is 8.91. The summed E-state index contributed by atoms with van der Waals surface area (Å²) >= 11 is 1.39. The summed E-state index contributed by atoms with van der Waals surface area (Å²) in [6.07, 6.45) is 5.40. The topological polar surface area (TPSA) is 62.0 Å². The molecule has 0 amide bonds. The van der Waals surface area contributed by atoms with Crippen molar-refractivity contribution in [1.29, 1.82) is 0 Å². The lowest BCUT2D eigenvalue weighted by Gasteiger charge is -2.36. The minimum Gasteiger partial charge on any atom is -0.507 e. The van der Waals surface area contributed by atoms with E-state index in [1.807, 2.05) is 18.4 Å². The van der Waals surface area contributed by atoms with Crippen LogP contribution in [0.1, 0.15) is 39.5 Å². The number of unbranched alkanes of at least 4 members (excludes halogenated alkanes) is 1. The van der Waals surface area contributed by atoms with Crippen molar-refractivity contribution in [2.75, 3.05) is 23.5 Å². The molecule has 0 aromatic heterocycles. The van der Waals surface area contributed by atoms with Crippen molar-refractivity contribution in [3.8, 4) is 5.75 Å². The van der Waals surface area contributed by atoms with E-state index in [1.165, 1.54) is 17.8 Å². The number of benzene rings is 2. The second-order valence-electron chi connectivity index (χ2n) is 7.92. The molecule has 7 heteroatoms. The van der Waals surface area contributed by atoms with E-state index >= 15 is 0 Å². The van der Waals surface area contributed by atoms with E-state index in [1.54, 1.807) is 18.2 Å². The van der Waals surface area contributed by atoms with Gasteiger partial charge in [0.1, 0.15) is 5.75 Å². The first-order chi connectivity index (χ1) is 14.3. The van der Waals surface area contributed by atoms with Gasteiger partial charge >= 0.3 is 0 Å². The molecule has 0 spiro atoms.